The maximum atomic E-state index is 12.6. The van der Waals surface area contributed by atoms with Crippen LogP contribution in [0.4, 0.5) is 0 Å². The van der Waals surface area contributed by atoms with Gasteiger partial charge in [0.2, 0.25) is 0 Å². The first kappa shape index (κ1) is 20.2. The van der Waals surface area contributed by atoms with Crippen LogP contribution in [0.2, 0.25) is 0 Å². The van der Waals surface area contributed by atoms with Crippen molar-refractivity contribution in [3.8, 4) is 5.75 Å². The first-order valence-corrected chi connectivity index (χ1v) is 10.4. The third-order valence-corrected chi connectivity index (χ3v) is 7.17. The van der Waals surface area contributed by atoms with E-state index in [1.54, 1.807) is 30.3 Å². The molecule has 0 amide bonds. The fourth-order valence-corrected chi connectivity index (χ4v) is 6.08. The average Bonchev–Trinajstić information content (AvgIpc) is 3.02. The first-order valence-electron chi connectivity index (χ1n) is 10.4. The highest BCUT2D eigenvalue weighted by Gasteiger charge is 2.60. The van der Waals surface area contributed by atoms with E-state index < -0.39 is 6.29 Å². The third kappa shape index (κ3) is 3.62. The molecule has 1 saturated heterocycles. The molecule has 1 heterocycles. The summed E-state index contributed by atoms with van der Waals surface area (Å²) in [5.41, 5.74) is 1.68. The molecule has 4 rings (SSSR count). The van der Waals surface area contributed by atoms with Crippen molar-refractivity contribution in [2.45, 2.75) is 52.4 Å². The number of carbonyl (C=O) groups is 1. The molecule has 5 nitrogen and oxygen atoms in total. The second-order valence-electron chi connectivity index (χ2n) is 9.57. The highest BCUT2D eigenvalue weighted by Crippen LogP contribution is 2.62. The van der Waals surface area contributed by atoms with Crippen LogP contribution in [0.1, 0.15) is 45.6 Å². The minimum absolute atomic E-state index is 0.0110. The molecule has 1 aliphatic heterocycles. The molecule has 1 aromatic rings. The molecule has 2 aliphatic carbocycles. The van der Waals surface area contributed by atoms with E-state index in [0.717, 1.165) is 30.4 Å². The minimum Gasteiger partial charge on any atom is -0.508 e. The molecule has 0 spiro atoms. The number of ether oxygens (including phenoxy) is 2. The number of rotatable bonds is 3. The second kappa shape index (κ2) is 7.29. The molecule has 0 bridgehead atoms. The lowest BCUT2D eigenvalue weighted by atomic mass is 9.48. The number of aromatic hydroxyl groups is 1. The number of benzene rings is 1. The summed E-state index contributed by atoms with van der Waals surface area (Å²) in [4.78, 5) is 12.6. The van der Waals surface area contributed by atoms with Gasteiger partial charge in [-0.15, -0.1) is 0 Å². The van der Waals surface area contributed by atoms with E-state index in [1.807, 2.05) is 6.08 Å². The molecule has 5 atom stereocenters. The van der Waals surface area contributed by atoms with Crippen LogP contribution in [0.15, 0.2) is 42.0 Å². The Labute approximate surface area is 172 Å². The zero-order valence-electron chi connectivity index (χ0n) is 17.3. The smallest absolute Gasteiger partial charge is 0.331 e. The lowest BCUT2D eigenvalue weighted by molar-refractivity contribution is -0.173. The van der Waals surface area contributed by atoms with Gasteiger partial charge in [-0.2, -0.15) is 0 Å². The van der Waals surface area contributed by atoms with Crippen LogP contribution in [0, 0.1) is 22.7 Å². The van der Waals surface area contributed by atoms with Gasteiger partial charge in [-0.1, -0.05) is 39.3 Å². The summed E-state index contributed by atoms with van der Waals surface area (Å²) in [5, 5.41) is 19.9. The van der Waals surface area contributed by atoms with Crippen molar-refractivity contribution in [1.82, 2.24) is 0 Å². The SMILES string of the molecule is CC1(C)CCC[C@]2(C)[C@@H]3C(=C[C@H](OC(=O)/C=C/c4ccc(O)cc4)[C@@H]12)CO[C@H]3O. The largest absolute Gasteiger partial charge is 0.508 e. The van der Waals surface area contributed by atoms with Crippen molar-refractivity contribution in [1.29, 1.82) is 0 Å². The van der Waals surface area contributed by atoms with Crippen molar-refractivity contribution < 1.29 is 24.5 Å². The monoisotopic (exact) mass is 398 g/mol. The molecular weight excluding hydrogens is 368 g/mol. The van der Waals surface area contributed by atoms with Gasteiger partial charge in [-0.3, -0.25) is 0 Å². The van der Waals surface area contributed by atoms with Crippen molar-refractivity contribution in [2.24, 2.45) is 22.7 Å². The van der Waals surface area contributed by atoms with Gasteiger partial charge in [-0.05, 0) is 59.1 Å². The Morgan fingerprint density at radius 2 is 1.93 bits per heavy atom. The Bertz CT molecular complexity index is 837. The molecule has 1 aromatic carbocycles. The van der Waals surface area contributed by atoms with Crippen molar-refractivity contribution in [3.63, 3.8) is 0 Å². The van der Waals surface area contributed by atoms with Gasteiger partial charge in [0, 0.05) is 17.9 Å². The summed E-state index contributed by atoms with van der Waals surface area (Å²) in [5.74, 6) is -0.121. The molecule has 29 heavy (non-hydrogen) atoms. The van der Waals surface area contributed by atoms with Gasteiger partial charge < -0.3 is 19.7 Å². The van der Waals surface area contributed by atoms with E-state index in [9.17, 15) is 15.0 Å². The standard InChI is InChI=1S/C24H30O5/c1-23(2)11-4-12-24(3)20-16(14-28-22(20)27)13-18(21(23)24)29-19(26)10-7-15-5-8-17(25)9-6-15/h5-10,13,18,20-22,25,27H,4,11-12,14H2,1-3H3/b10-7+/t18-,20+,21-,22+,24+/m0/s1. The molecule has 2 N–H and O–H groups in total. The summed E-state index contributed by atoms with van der Waals surface area (Å²) in [6.45, 7) is 7.10. The van der Waals surface area contributed by atoms with E-state index in [1.165, 1.54) is 6.08 Å². The maximum absolute atomic E-state index is 12.6. The number of aliphatic hydroxyl groups excluding tert-OH is 1. The number of aliphatic hydroxyl groups is 1. The van der Waals surface area contributed by atoms with Crippen LogP contribution in [-0.4, -0.2) is 35.2 Å². The molecule has 1 saturated carbocycles. The third-order valence-electron chi connectivity index (χ3n) is 7.17. The number of phenolic OH excluding ortho intramolecular Hbond substituents is 1. The number of hydrogen-bond donors (Lipinski definition) is 2. The van der Waals surface area contributed by atoms with Crippen molar-refractivity contribution in [2.75, 3.05) is 6.61 Å². The topological polar surface area (TPSA) is 76.0 Å². The van der Waals surface area contributed by atoms with E-state index in [-0.39, 0.29) is 40.5 Å². The number of hydrogen-bond acceptors (Lipinski definition) is 5. The van der Waals surface area contributed by atoms with Gasteiger partial charge in [0.1, 0.15) is 11.9 Å². The van der Waals surface area contributed by atoms with Crippen LogP contribution < -0.4 is 0 Å². The summed E-state index contributed by atoms with van der Waals surface area (Å²) in [6.07, 6.45) is 7.17. The molecule has 156 valence electrons. The number of carbonyl (C=O) groups excluding carboxylic acids is 1. The number of esters is 1. The van der Waals surface area contributed by atoms with E-state index in [0.29, 0.717) is 6.61 Å². The minimum atomic E-state index is -0.784. The fraction of sp³-hybridized carbons (Fsp3) is 0.542. The summed E-state index contributed by atoms with van der Waals surface area (Å²) >= 11 is 0. The van der Waals surface area contributed by atoms with Gasteiger partial charge in [-0.25, -0.2) is 4.79 Å². The maximum Gasteiger partial charge on any atom is 0.331 e. The molecule has 0 unspecified atom stereocenters. The Morgan fingerprint density at radius 1 is 1.21 bits per heavy atom. The van der Waals surface area contributed by atoms with Gasteiger partial charge in [0.25, 0.3) is 0 Å². The fourth-order valence-electron chi connectivity index (χ4n) is 6.08. The predicted molar refractivity (Wildman–Crippen MR) is 110 cm³/mol. The molecule has 3 aliphatic rings. The van der Waals surface area contributed by atoms with Gasteiger partial charge >= 0.3 is 5.97 Å². The highest BCUT2D eigenvalue weighted by molar-refractivity contribution is 5.87. The normalized spacial score (nSPS) is 35.7. The molecular formula is C24H30O5. The zero-order valence-corrected chi connectivity index (χ0v) is 17.3. The number of phenols is 1. The second-order valence-corrected chi connectivity index (χ2v) is 9.57. The van der Waals surface area contributed by atoms with E-state index >= 15 is 0 Å². The van der Waals surface area contributed by atoms with Gasteiger partial charge in [0.15, 0.2) is 6.29 Å². The lowest BCUT2D eigenvalue weighted by Gasteiger charge is -2.57. The van der Waals surface area contributed by atoms with Crippen LogP contribution in [0.3, 0.4) is 0 Å². The zero-order chi connectivity index (χ0) is 20.8. The molecule has 2 fully saturated rings. The molecule has 0 aromatic heterocycles. The lowest BCUT2D eigenvalue weighted by Crippen LogP contribution is -2.56. The van der Waals surface area contributed by atoms with Crippen LogP contribution in [-0.2, 0) is 14.3 Å². The summed E-state index contributed by atoms with van der Waals surface area (Å²) in [7, 11) is 0. The summed E-state index contributed by atoms with van der Waals surface area (Å²) < 4.78 is 11.5. The Balaban J connectivity index is 1.60. The van der Waals surface area contributed by atoms with Crippen LogP contribution in [0.5, 0.6) is 5.75 Å². The van der Waals surface area contributed by atoms with E-state index in [2.05, 4.69) is 20.8 Å². The highest BCUT2D eigenvalue weighted by atomic mass is 16.6. The number of fused-ring (bicyclic) bond motifs is 3. The first-order chi connectivity index (χ1) is 13.7. The van der Waals surface area contributed by atoms with Crippen molar-refractivity contribution in [3.05, 3.63) is 47.6 Å². The predicted octanol–water partition coefficient (Wildman–Crippen LogP) is 4.05. The van der Waals surface area contributed by atoms with Crippen LogP contribution in [0.25, 0.3) is 6.08 Å². The van der Waals surface area contributed by atoms with Gasteiger partial charge in [0.05, 0.1) is 6.61 Å². The molecule has 5 heteroatoms. The Morgan fingerprint density at radius 3 is 2.66 bits per heavy atom. The van der Waals surface area contributed by atoms with Crippen LogP contribution >= 0.6 is 0 Å². The Kier molecular flexibility index (Phi) is 5.07. The van der Waals surface area contributed by atoms with Crippen molar-refractivity contribution >= 4 is 12.0 Å². The Hall–Kier alpha value is -2.11. The average molecular weight is 398 g/mol. The molecule has 0 radical (unpaired) electrons. The quantitative estimate of drug-likeness (QED) is 0.456. The summed E-state index contributed by atoms with van der Waals surface area (Å²) in [6, 6.07) is 6.64. The van der Waals surface area contributed by atoms with E-state index in [4.69, 9.17) is 9.47 Å².